The average Bonchev–Trinajstić information content (AvgIpc) is 3.40. The summed E-state index contributed by atoms with van der Waals surface area (Å²) in [6.45, 7) is 5.39. The lowest BCUT2D eigenvalue weighted by molar-refractivity contribution is 0.272. The highest BCUT2D eigenvalue weighted by Gasteiger charge is 2.28. The maximum Gasteiger partial charge on any atom is 0.134 e. The summed E-state index contributed by atoms with van der Waals surface area (Å²) in [5.74, 6) is 4.25. The second-order valence-corrected chi connectivity index (χ2v) is 6.49. The highest BCUT2D eigenvalue weighted by molar-refractivity contribution is 5.48. The van der Waals surface area contributed by atoms with E-state index in [0.717, 1.165) is 40.8 Å². The molecule has 5 heteroatoms. The Morgan fingerprint density at radius 1 is 1.21 bits per heavy atom. The monoisotopic (exact) mass is 325 g/mol. The van der Waals surface area contributed by atoms with Crippen molar-refractivity contribution in [3.8, 4) is 11.5 Å². The Morgan fingerprint density at radius 2 is 2.08 bits per heavy atom. The quantitative estimate of drug-likeness (QED) is 0.900. The molecule has 1 atom stereocenters. The van der Waals surface area contributed by atoms with Crippen LogP contribution in [0.3, 0.4) is 0 Å². The fourth-order valence-electron chi connectivity index (χ4n) is 3.15. The number of anilines is 1. The van der Waals surface area contributed by atoms with Crippen LogP contribution in [0.1, 0.15) is 55.2 Å². The number of aryl methyl sites for hydroxylation is 1. The molecule has 0 spiro atoms. The van der Waals surface area contributed by atoms with Gasteiger partial charge in [-0.3, -0.25) is 0 Å². The van der Waals surface area contributed by atoms with Gasteiger partial charge in [0.2, 0.25) is 0 Å². The number of ether oxygens (including phenoxy) is 2. The molecule has 126 valence electrons. The van der Waals surface area contributed by atoms with Gasteiger partial charge in [0.1, 0.15) is 23.1 Å². The molecular weight excluding hydrogens is 302 g/mol. The second-order valence-electron chi connectivity index (χ2n) is 6.49. The van der Waals surface area contributed by atoms with Gasteiger partial charge in [-0.25, -0.2) is 9.97 Å². The SMILES string of the molecule is CCOc1ccc2c(c1)[C@@H](Nc1cc(C)nc(C3CC3)n1)CCO2. The highest BCUT2D eigenvalue weighted by Crippen LogP contribution is 2.39. The second kappa shape index (κ2) is 6.30. The van der Waals surface area contributed by atoms with E-state index in [-0.39, 0.29) is 6.04 Å². The number of rotatable bonds is 5. The van der Waals surface area contributed by atoms with Crippen LogP contribution >= 0.6 is 0 Å². The van der Waals surface area contributed by atoms with E-state index >= 15 is 0 Å². The van der Waals surface area contributed by atoms with Gasteiger partial charge in [0.05, 0.1) is 19.3 Å². The predicted octanol–water partition coefficient (Wildman–Crippen LogP) is 4.00. The van der Waals surface area contributed by atoms with Crippen LogP contribution in [0.25, 0.3) is 0 Å². The maximum absolute atomic E-state index is 5.79. The van der Waals surface area contributed by atoms with Gasteiger partial charge in [0.15, 0.2) is 0 Å². The first-order valence-corrected chi connectivity index (χ1v) is 8.74. The first-order valence-electron chi connectivity index (χ1n) is 8.74. The highest BCUT2D eigenvalue weighted by atomic mass is 16.5. The fraction of sp³-hybridized carbons (Fsp3) is 0.474. The van der Waals surface area contributed by atoms with Crippen LogP contribution in [-0.2, 0) is 0 Å². The van der Waals surface area contributed by atoms with Crippen molar-refractivity contribution in [3.63, 3.8) is 0 Å². The minimum absolute atomic E-state index is 0.176. The summed E-state index contributed by atoms with van der Waals surface area (Å²) in [7, 11) is 0. The van der Waals surface area contributed by atoms with Crippen molar-refractivity contribution < 1.29 is 9.47 Å². The van der Waals surface area contributed by atoms with Gasteiger partial charge in [-0.2, -0.15) is 0 Å². The van der Waals surface area contributed by atoms with Gasteiger partial charge in [-0.15, -0.1) is 0 Å². The van der Waals surface area contributed by atoms with Gasteiger partial charge >= 0.3 is 0 Å². The van der Waals surface area contributed by atoms with Gasteiger partial charge in [0, 0.05) is 29.7 Å². The number of hydrogen-bond donors (Lipinski definition) is 1. The fourth-order valence-corrected chi connectivity index (χ4v) is 3.15. The van der Waals surface area contributed by atoms with Crippen LogP contribution in [-0.4, -0.2) is 23.2 Å². The normalized spacial score (nSPS) is 19.3. The Bertz CT molecular complexity index is 743. The Hall–Kier alpha value is -2.30. The van der Waals surface area contributed by atoms with Gasteiger partial charge in [-0.1, -0.05) is 0 Å². The molecule has 1 fully saturated rings. The lowest BCUT2D eigenvalue weighted by Crippen LogP contribution is -2.21. The topological polar surface area (TPSA) is 56.3 Å². The Labute approximate surface area is 142 Å². The molecule has 2 aromatic rings. The van der Waals surface area contributed by atoms with Crippen molar-refractivity contribution in [2.24, 2.45) is 0 Å². The molecule has 1 N–H and O–H groups in total. The van der Waals surface area contributed by atoms with E-state index in [0.29, 0.717) is 19.1 Å². The predicted molar refractivity (Wildman–Crippen MR) is 92.8 cm³/mol. The molecule has 1 aromatic carbocycles. The molecule has 5 nitrogen and oxygen atoms in total. The van der Waals surface area contributed by atoms with Crippen molar-refractivity contribution in [3.05, 3.63) is 41.3 Å². The molecule has 4 rings (SSSR count). The molecule has 0 amide bonds. The number of fused-ring (bicyclic) bond motifs is 1. The molecule has 24 heavy (non-hydrogen) atoms. The molecule has 1 aliphatic heterocycles. The molecule has 1 aliphatic carbocycles. The Kier molecular flexibility index (Phi) is 4.00. The zero-order valence-electron chi connectivity index (χ0n) is 14.2. The van der Waals surface area contributed by atoms with E-state index in [4.69, 9.17) is 14.5 Å². The van der Waals surface area contributed by atoms with E-state index in [2.05, 4.69) is 16.4 Å². The third-order valence-corrected chi connectivity index (χ3v) is 4.47. The average molecular weight is 325 g/mol. The minimum Gasteiger partial charge on any atom is -0.494 e. The first kappa shape index (κ1) is 15.2. The van der Waals surface area contributed by atoms with Crippen molar-refractivity contribution in [2.75, 3.05) is 18.5 Å². The van der Waals surface area contributed by atoms with Crippen molar-refractivity contribution in [1.29, 1.82) is 0 Å². The number of benzene rings is 1. The number of hydrogen-bond acceptors (Lipinski definition) is 5. The minimum atomic E-state index is 0.176. The van der Waals surface area contributed by atoms with Crippen LogP contribution in [0.15, 0.2) is 24.3 Å². The maximum atomic E-state index is 5.79. The summed E-state index contributed by atoms with van der Waals surface area (Å²) >= 11 is 0. The van der Waals surface area contributed by atoms with Crippen LogP contribution < -0.4 is 14.8 Å². The summed E-state index contributed by atoms with van der Waals surface area (Å²) in [5.41, 5.74) is 2.15. The van der Waals surface area contributed by atoms with Crippen LogP contribution in [0.4, 0.5) is 5.82 Å². The van der Waals surface area contributed by atoms with E-state index in [1.807, 2.05) is 32.0 Å². The van der Waals surface area contributed by atoms with Crippen LogP contribution in [0.5, 0.6) is 11.5 Å². The van der Waals surface area contributed by atoms with E-state index in [1.54, 1.807) is 0 Å². The van der Waals surface area contributed by atoms with Gasteiger partial charge < -0.3 is 14.8 Å². The summed E-state index contributed by atoms with van der Waals surface area (Å²) < 4.78 is 11.4. The van der Waals surface area contributed by atoms with Crippen molar-refractivity contribution >= 4 is 5.82 Å². The van der Waals surface area contributed by atoms with Crippen molar-refractivity contribution in [1.82, 2.24) is 9.97 Å². The Morgan fingerprint density at radius 3 is 2.88 bits per heavy atom. The summed E-state index contributed by atoms with van der Waals surface area (Å²) in [6.07, 6.45) is 3.33. The van der Waals surface area contributed by atoms with Crippen LogP contribution in [0.2, 0.25) is 0 Å². The van der Waals surface area contributed by atoms with E-state index in [9.17, 15) is 0 Å². The number of aromatic nitrogens is 2. The summed E-state index contributed by atoms with van der Waals surface area (Å²) in [4.78, 5) is 9.30. The zero-order valence-corrected chi connectivity index (χ0v) is 14.2. The zero-order chi connectivity index (χ0) is 16.5. The van der Waals surface area contributed by atoms with Crippen molar-refractivity contribution in [2.45, 2.75) is 45.1 Å². The molecular formula is C19H23N3O2. The third-order valence-electron chi connectivity index (χ3n) is 4.47. The van der Waals surface area contributed by atoms with Gasteiger partial charge in [-0.05, 0) is 44.9 Å². The van der Waals surface area contributed by atoms with E-state index in [1.165, 1.54) is 12.8 Å². The molecule has 0 radical (unpaired) electrons. The van der Waals surface area contributed by atoms with E-state index < -0.39 is 0 Å². The third kappa shape index (κ3) is 3.16. The molecule has 0 bridgehead atoms. The molecule has 1 saturated carbocycles. The number of nitrogens with one attached hydrogen (secondary N) is 1. The smallest absolute Gasteiger partial charge is 0.134 e. The van der Waals surface area contributed by atoms with Gasteiger partial charge in [0.25, 0.3) is 0 Å². The Balaban J connectivity index is 1.61. The largest absolute Gasteiger partial charge is 0.494 e. The lowest BCUT2D eigenvalue weighted by atomic mass is 10.00. The summed E-state index contributed by atoms with van der Waals surface area (Å²) in [5, 5.41) is 3.58. The number of nitrogens with zero attached hydrogens (tertiary/aromatic N) is 2. The molecule has 1 aromatic heterocycles. The molecule has 2 aliphatic rings. The van der Waals surface area contributed by atoms with Crippen LogP contribution in [0, 0.1) is 6.92 Å². The first-order chi connectivity index (χ1) is 11.7. The summed E-state index contributed by atoms with van der Waals surface area (Å²) in [6, 6.07) is 8.23. The molecule has 0 saturated heterocycles. The lowest BCUT2D eigenvalue weighted by Gasteiger charge is -2.27. The molecule has 0 unspecified atom stereocenters. The molecule has 2 heterocycles. The standard InChI is InChI=1S/C19H23N3O2/c1-3-23-14-6-7-17-15(11-14)16(8-9-24-17)21-18-10-12(2)20-19(22-18)13-4-5-13/h6-7,10-11,13,16H,3-5,8-9H2,1-2H3,(H,20,21,22)/t16-/m0/s1.